The first-order chi connectivity index (χ1) is 7.59. The van der Waals surface area contributed by atoms with Gasteiger partial charge in [-0.1, -0.05) is 30.1 Å². The molecule has 0 N–H and O–H groups in total. The van der Waals surface area contributed by atoms with E-state index in [1.807, 2.05) is 6.92 Å². The maximum atomic E-state index is 5.63. The monoisotopic (exact) mass is 280 g/mol. The minimum atomic E-state index is -2.33. The molecule has 0 aliphatic rings. The molecule has 2 atom stereocenters. The van der Waals surface area contributed by atoms with Crippen molar-refractivity contribution in [1.29, 1.82) is 0 Å². The highest BCUT2D eigenvalue weighted by atomic mass is 32.9. The highest BCUT2D eigenvalue weighted by molar-refractivity contribution is 8.68. The third-order valence-corrected chi connectivity index (χ3v) is 7.39. The molecule has 1 aromatic rings. The fourth-order valence-corrected chi connectivity index (χ4v) is 6.72. The van der Waals surface area contributed by atoms with Crippen LogP contribution in [-0.4, -0.2) is 21.8 Å². The van der Waals surface area contributed by atoms with Crippen LogP contribution < -0.4 is 4.62 Å². The van der Waals surface area contributed by atoms with Gasteiger partial charge < -0.3 is 9.15 Å². The molecule has 0 saturated carbocycles. The normalized spacial score (nSPS) is 16.7. The molecule has 4 nitrogen and oxygen atoms in total. The molecule has 0 amide bonds. The zero-order valence-electron chi connectivity index (χ0n) is 9.70. The molecule has 0 spiro atoms. The van der Waals surface area contributed by atoms with Gasteiger partial charge in [-0.2, -0.15) is 0 Å². The molecule has 0 saturated heterocycles. The van der Waals surface area contributed by atoms with Gasteiger partial charge in [-0.3, -0.25) is 0 Å². The second-order valence-corrected chi connectivity index (χ2v) is 9.72. The number of nitrogens with zero attached hydrogens (tertiary/aromatic N) is 2. The lowest BCUT2D eigenvalue weighted by atomic mass is 10.4. The molecule has 0 aromatic carbocycles. The Labute approximate surface area is 106 Å². The summed E-state index contributed by atoms with van der Waals surface area (Å²) in [7, 11) is 0. The molecule has 0 radical (unpaired) electrons. The lowest BCUT2D eigenvalue weighted by molar-refractivity contribution is 0.214. The van der Waals surface area contributed by atoms with Crippen LogP contribution in [0.5, 0.6) is 0 Å². The highest BCUT2D eigenvalue weighted by Gasteiger charge is 2.24. The first-order valence-corrected chi connectivity index (χ1v) is 9.34. The van der Waals surface area contributed by atoms with Crippen molar-refractivity contribution < 1.29 is 9.15 Å². The van der Waals surface area contributed by atoms with Crippen LogP contribution in [0.3, 0.4) is 0 Å². The smallest absolute Gasteiger partial charge is 0.322 e. The average molecular weight is 280 g/mol. The van der Waals surface area contributed by atoms with Crippen molar-refractivity contribution in [3.05, 3.63) is 18.5 Å². The Morgan fingerprint density at radius 2 is 2.31 bits per heavy atom. The Morgan fingerprint density at radius 1 is 1.56 bits per heavy atom. The van der Waals surface area contributed by atoms with Gasteiger partial charge in [0.1, 0.15) is 0 Å². The van der Waals surface area contributed by atoms with Crippen LogP contribution in [0.1, 0.15) is 27.2 Å². The summed E-state index contributed by atoms with van der Waals surface area (Å²) in [5.41, 5.74) is -2.33. The topological polar surface area (TPSA) is 36.3 Å². The van der Waals surface area contributed by atoms with E-state index in [1.54, 1.807) is 29.8 Å². The lowest BCUT2D eigenvalue weighted by Gasteiger charge is -2.22. The largest absolute Gasteiger partial charge is 0.331 e. The summed E-state index contributed by atoms with van der Waals surface area (Å²) < 4.78 is 11.2. The minimum Gasteiger partial charge on any atom is -0.331 e. The van der Waals surface area contributed by atoms with Gasteiger partial charge in [0.05, 0.1) is 19.0 Å². The highest BCUT2D eigenvalue weighted by Crippen LogP contribution is 2.60. The summed E-state index contributed by atoms with van der Waals surface area (Å²) in [6, 6.07) is 1.79. The summed E-state index contributed by atoms with van der Waals surface area (Å²) in [6.45, 7) is 6.72. The Bertz CT molecular complexity index is 345. The van der Waals surface area contributed by atoms with Gasteiger partial charge in [-0.15, -0.1) is 5.10 Å². The van der Waals surface area contributed by atoms with Crippen LogP contribution in [0, 0.1) is 0 Å². The van der Waals surface area contributed by atoms with Crippen LogP contribution in [0.15, 0.2) is 18.5 Å². The van der Waals surface area contributed by atoms with Gasteiger partial charge in [-0.05, 0) is 31.2 Å². The molecule has 1 aromatic heterocycles. The number of hydrogen-bond donors (Lipinski definition) is 0. The van der Waals surface area contributed by atoms with Crippen molar-refractivity contribution in [2.75, 3.05) is 6.61 Å². The van der Waals surface area contributed by atoms with Crippen molar-refractivity contribution in [2.45, 2.75) is 32.4 Å². The predicted octanol–water partition coefficient (Wildman–Crippen LogP) is 3.10. The lowest BCUT2D eigenvalue weighted by Crippen LogP contribution is -2.11. The summed E-state index contributed by atoms with van der Waals surface area (Å²) in [4.78, 5) is 1.38. The molecule has 0 fully saturated rings. The van der Waals surface area contributed by atoms with Gasteiger partial charge in [-0.25, -0.2) is 0 Å². The zero-order chi connectivity index (χ0) is 12.0. The van der Waals surface area contributed by atoms with E-state index in [4.69, 9.17) is 21.0 Å². The number of hydrogen-bond acceptors (Lipinski definition) is 5. The van der Waals surface area contributed by atoms with Crippen LogP contribution in [0.2, 0.25) is 0 Å². The standard InChI is InChI=1S/C9H17N2O2PS2/c1-4-9(3)16-14(15,12-5-2)13-11-8-6-7-10-11/h6-9H,4-5H2,1-3H3. The van der Waals surface area contributed by atoms with Gasteiger partial charge in [0.25, 0.3) is 0 Å². The molecule has 1 rings (SSSR count). The Balaban J connectivity index is 2.68. The summed E-state index contributed by atoms with van der Waals surface area (Å²) in [6.07, 6.45) is 4.41. The van der Waals surface area contributed by atoms with Crippen molar-refractivity contribution in [3.8, 4) is 0 Å². The second-order valence-electron chi connectivity index (χ2n) is 3.18. The van der Waals surface area contributed by atoms with Gasteiger partial charge in [0.15, 0.2) is 0 Å². The Kier molecular flexibility index (Phi) is 5.83. The molecule has 0 aliphatic carbocycles. The van der Waals surface area contributed by atoms with Crippen LogP contribution >= 0.6 is 17.1 Å². The molecule has 0 aliphatic heterocycles. The molecular formula is C9H17N2O2PS2. The van der Waals surface area contributed by atoms with E-state index in [9.17, 15) is 0 Å². The van der Waals surface area contributed by atoms with E-state index < -0.39 is 5.69 Å². The average Bonchev–Trinajstić information content (AvgIpc) is 2.70. The summed E-state index contributed by atoms with van der Waals surface area (Å²) in [5, 5.41) is 4.40. The fourth-order valence-electron chi connectivity index (χ4n) is 0.932. The summed E-state index contributed by atoms with van der Waals surface area (Å²) >= 11 is 7.05. The van der Waals surface area contributed by atoms with Crippen LogP contribution in [-0.2, 0) is 16.3 Å². The fraction of sp³-hybridized carbons (Fsp3) is 0.667. The molecule has 16 heavy (non-hydrogen) atoms. The number of rotatable bonds is 7. The first kappa shape index (κ1) is 14.0. The molecule has 0 bridgehead atoms. The van der Waals surface area contributed by atoms with Crippen LogP contribution in [0.4, 0.5) is 0 Å². The van der Waals surface area contributed by atoms with Crippen molar-refractivity contribution in [2.24, 2.45) is 0 Å². The predicted molar refractivity (Wildman–Crippen MR) is 72.1 cm³/mol. The van der Waals surface area contributed by atoms with E-state index in [1.165, 1.54) is 4.85 Å². The molecule has 1 heterocycles. The van der Waals surface area contributed by atoms with Crippen molar-refractivity contribution in [1.82, 2.24) is 9.94 Å². The van der Waals surface area contributed by atoms with E-state index in [0.29, 0.717) is 11.9 Å². The third kappa shape index (κ3) is 4.45. The molecule has 2 unspecified atom stereocenters. The Morgan fingerprint density at radius 3 is 2.81 bits per heavy atom. The van der Waals surface area contributed by atoms with E-state index in [2.05, 4.69) is 18.9 Å². The molecular weight excluding hydrogens is 263 g/mol. The zero-order valence-corrected chi connectivity index (χ0v) is 12.2. The van der Waals surface area contributed by atoms with Crippen molar-refractivity contribution >= 4 is 28.9 Å². The van der Waals surface area contributed by atoms with Gasteiger partial charge >= 0.3 is 5.69 Å². The summed E-state index contributed by atoms with van der Waals surface area (Å²) in [5.74, 6) is 0. The SMILES string of the molecule is CCOP(=S)(On1cccn1)SC(C)CC. The quantitative estimate of drug-likeness (QED) is 0.717. The van der Waals surface area contributed by atoms with E-state index in [-0.39, 0.29) is 0 Å². The second kappa shape index (κ2) is 6.64. The van der Waals surface area contributed by atoms with E-state index >= 15 is 0 Å². The maximum Gasteiger partial charge on any atom is 0.322 e. The van der Waals surface area contributed by atoms with Crippen LogP contribution in [0.25, 0.3) is 0 Å². The van der Waals surface area contributed by atoms with Gasteiger partial charge in [0.2, 0.25) is 0 Å². The third-order valence-electron chi connectivity index (χ3n) is 1.83. The van der Waals surface area contributed by atoms with Gasteiger partial charge in [0, 0.05) is 5.25 Å². The minimum absolute atomic E-state index is 0.424. The van der Waals surface area contributed by atoms with E-state index in [0.717, 1.165) is 6.42 Å². The molecule has 7 heteroatoms. The molecule has 92 valence electrons. The maximum absolute atomic E-state index is 5.63. The first-order valence-electron chi connectivity index (χ1n) is 5.22. The number of aromatic nitrogens is 2. The Hall–Kier alpha value is -0.0300. The van der Waals surface area contributed by atoms with Crippen molar-refractivity contribution in [3.63, 3.8) is 0 Å².